The van der Waals surface area contributed by atoms with Crippen LogP contribution in [0.5, 0.6) is 5.75 Å². The molecule has 0 bridgehead atoms. The summed E-state index contributed by atoms with van der Waals surface area (Å²) in [5.41, 5.74) is 1.37. The molecule has 0 saturated carbocycles. The second kappa shape index (κ2) is 7.35. The minimum atomic E-state index is -2.94. The van der Waals surface area contributed by atoms with Gasteiger partial charge in [0, 0.05) is 22.7 Å². The molecule has 1 N–H and O–H groups in total. The van der Waals surface area contributed by atoms with Crippen molar-refractivity contribution < 1.29 is 27.8 Å². The van der Waals surface area contributed by atoms with E-state index in [-0.39, 0.29) is 17.1 Å². The molecule has 0 aliphatic heterocycles. The van der Waals surface area contributed by atoms with Gasteiger partial charge in [-0.05, 0) is 37.3 Å². The summed E-state index contributed by atoms with van der Waals surface area (Å²) in [6, 6.07) is 12.3. The van der Waals surface area contributed by atoms with Crippen LogP contribution < -0.4 is 4.74 Å². The fraction of sp³-hybridized carbons (Fsp3) is 0.158. The molecule has 7 heteroatoms. The average molecular weight is 359 g/mol. The SMILES string of the molecule is C[C@@H](OC(=O)c1ccc(OC(F)F)cc1)C(=O)c1c[nH]c2ccccc12. The van der Waals surface area contributed by atoms with Crippen LogP contribution >= 0.6 is 0 Å². The number of alkyl halides is 2. The van der Waals surface area contributed by atoms with E-state index in [1.165, 1.54) is 31.2 Å². The van der Waals surface area contributed by atoms with Gasteiger partial charge < -0.3 is 14.5 Å². The van der Waals surface area contributed by atoms with Gasteiger partial charge in [0.1, 0.15) is 5.75 Å². The third-order valence-electron chi connectivity index (χ3n) is 3.82. The Kier molecular flexibility index (Phi) is 4.97. The molecule has 0 spiro atoms. The number of nitrogens with one attached hydrogen (secondary N) is 1. The summed E-state index contributed by atoms with van der Waals surface area (Å²) in [5, 5.41) is 0.744. The van der Waals surface area contributed by atoms with Crippen molar-refractivity contribution in [3.05, 3.63) is 65.9 Å². The predicted octanol–water partition coefficient (Wildman–Crippen LogP) is 4.20. The smallest absolute Gasteiger partial charge is 0.387 e. The van der Waals surface area contributed by atoms with Crippen LogP contribution in [-0.2, 0) is 4.74 Å². The van der Waals surface area contributed by atoms with Crippen molar-refractivity contribution in [3.8, 4) is 5.75 Å². The molecule has 0 saturated heterocycles. The molecular weight excluding hydrogens is 344 g/mol. The molecule has 134 valence electrons. The third kappa shape index (κ3) is 3.72. The maximum atomic E-state index is 12.6. The highest BCUT2D eigenvalue weighted by Crippen LogP contribution is 2.21. The number of carbonyl (C=O) groups excluding carboxylic acids is 2. The molecule has 0 amide bonds. The lowest BCUT2D eigenvalue weighted by Crippen LogP contribution is -2.24. The van der Waals surface area contributed by atoms with Crippen LogP contribution in [0.3, 0.4) is 0 Å². The average Bonchev–Trinajstić information content (AvgIpc) is 3.05. The Labute approximate surface area is 147 Å². The molecular formula is C19H15F2NO4. The number of fused-ring (bicyclic) bond motifs is 1. The van der Waals surface area contributed by atoms with E-state index in [1.807, 2.05) is 18.2 Å². The summed E-state index contributed by atoms with van der Waals surface area (Å²) >= 11 is 0. The van der Waals surface area contributed by atoms with Gasteiger partial charge in [0.25, 0.3) is 0 Å². The van der Waals surface area contributed by atoms with Crippen LogP contribution in [0.4, 0.5) is 8.78 Å². The van der Waals surface area contributed by atoms with E-state index in [1.54, 1.807) is 12.3 Å². The van der Waals surface area contributed by atoms with Crippen LogP contribution in [0.25, 0.3) is 10.9 Å². The van der Waals surface area contributed by atoms with Crippen LogP contribution in [-0.4, -0.2) is 29.5 Å². The number of para-hydroxylation sites is 1. The largest absolute Gasteiger partial charge is 0.451 e. The summed E-state index contributed by atoms with van der Waals surface area (Å²) in [5.74, 6) is -1.14. The number of ketones is 1. The summed E-state index contributed by atoms with van der Waals surface area (Å²) in [7, 11) is 0. The van der Waals surface area contributed by atoms with Gasteiger partial charge in [0.15, 0.2) is 6.10 Å². The first-order valence-electron chi connectivity index (χ1n) is 7.82. The van der Waals surface area contributed by atoms with Gasteiger partial charge >= 0.3 is 12.6 Å². The second-order valence-corrected chi connectivity index (χ2v) is 5.56. The molecule has 0 unspecified atom stereocenters. The van der Waals surface area contributed by atoms with Crippen molar-refractivity contribution in [1.29, 1.82) is 0 Å². The highest BCUT2D eigenvalue weighted by atomic mass is 19.3. The number of carbonyl (C=O) groups is 2. The Morgan fingerprint density at radius 2 is 1.73 bits per heavy atom. The molecule has 3 aromatic rings. The van der Waals surface area contributed by atoms with Gasteiger partial charge in [-0.15, -0.1) is 0 Å². The molecule has 26 heavy (non-hydrogen) atoms. The van der Waals surface area contributed by atoms with E-state index in [0.29, 0.717) is 5.56 Å². The summed E-state index contributed by atoms with van der Waals surface area (Å²) in [4.78, 5) is 27.7. The monoisotopic (exact) mass is 359 g/mol. The first kappa shape index (κ1) is 17.6. The number of hydrogen-bond donors (Lipinski definition) is 1. The molecule has 1 atom stereocenters. The zero-order valence-electron chi connectivity index (χ0n) is 13.7. The van der Waals surface area contributed by atoms with Crippen molar-refractivity contribution >= 4 is 22.7 Å². The molecule has 5 nitrogen and oxygen atoms in total. The molecule has 1 aromatic heterocycles. The molecule has 0 aliphatic rings. The van der Waals surface area contributed by atoms with E-state index in [9.17, 15) is 18.4 Å². The zero-order valence-corrected chi connectivity index (χ0v) is 13.7. The fourth-order valence-electron chi connectivity index (χ4n) is 2.55. The lowest BCUT2D eigenvalue weighted by Gasteiger charge is -2.12. The van der Waals surface area contributed by atoms with E-state index in [2.05, 4.69) is 9.72 Å². The van der Waals surface area contributed by atoms with Gasteiger partial charge in [-0.1, -0.05) is 18.2 Å². The number of rotatable bonds is 6. The Balaban J connectivity index is 1.69. The van der Waals surface area contributed by atoms with Crippen LogP contribution in [0, 0.1) is 0 Å². The normalized spacial score (nSPS) is 12.2. The lowest BCUT2D eigenvalue weighted by atomic mass is 10.1. The van der Waals surface area contributed by atoms with Crippen molar-refractivity contribution in [1.82, 2.24) is 4.98 Å². The Morgan fingerprint density at radius 1 is 1.04 bits per heavy atom. The van der Waals surface area contributed by atoms with Gasteiger partial charge in [0.2, 0.25) is 5.78 Å². The standard InChI is InChI=1S/C19H15F2NO4/c1-11(17(23)15-10-22-16-5-3-2-4-14(15)16)25-18(24)12-6-8-13(9-7-12)26-19(20)21/h2-11,19,22H,1H3/t11-/m1/s1. The summed E-state index contributed by atoms with van der Waals surface area (Å²) < 4.78 is 33.7. The van der Waals surface area contributed by atoms with E-state index in [4.69, 9.17) is 4.74 Å². The highest BCUT2D eigenvalue weighted by molar-refractivity contribution is 6.10. The second-order valence-electron chi connectivity index (χ2n) is 5.56. The van der Waals surface area contributed by atoms with Crippen LogP contribution in [0.2, 0.25) is 0 Å². The maximum Gasteiger partial charge on any atom is 0.387 e. The Hall–Kier alpha value is -3.22. The zero-order chi connectivity index (χ0) is 18.7. The molecule has 0 radical (unpaired) electrons. The third-order valence-corrected chi connectivity index (χ3v) is 3.82. The highest BCUT2D eigenvalue weighted by Gasteiger charge is 2.23. The summed E-state index contributed by atoms with van der Waals surface area (Å²) in [6.45, 7) is -1.46. The topological polar surface area (TPSA) is 68.4 Å². The van der Waals surface area contributed by atoms with Gasteiger partial charge in [-0.25, -0.2) is 4.79 Å². The number of aromatic nitrogens is 1. The van der Waals surface area contributed by atoms with E-state index < -0.39 is 18.7 Å². The van der Waals surface area contributed by atoms with Crippen molar-refractivity contribution in [2.24, 2.45) is 0 Å². The molecule has 1 heterocycles. The first-order valence-corrected chi connectivity index (χ1v) is 7.82. The van der Waals surface area contributed by atoms with Crippen molar-refractivity contribution in [2.45, 2.75) is 19.6 Å². The van der Waals surface area contributed by atoms with Gasteiger partial charge in [-0.2, -0.15) is 8.78 Å². The minimum Gasteiger partial charge on any atom is -0.451 e. The quantitative estimate of drug-likeness (QED) is 0.529. The van der Waals surface area contributed by atoms with E-state index >= 15 is 0 Å². The van der Waals surface area contributed by atoms with Gasteiger partial charge in [-0.3, -0.25) is 4.79 Å². The van der Waals surface area contributed by atoms with Gasteiger partial charge in [0.05, 0.1) is 5.56 Å². The van der Waals surface area contributed by atoms with E-state index in [0.717, 1.165) is 10.9 Å². The molecule has 3 rings (SSSR count). The molecule has 0 fully saturated rings. The molecule has 0 aliphatic carbocycles. The molecule has 2 aromatic carbocycles. The lowest BCUT2D eigenvalue weighted by molar-refractivity contribution is -0.0498. The minimum absolute atomic E-state index is 0.0699. The number of hydrogen-bond acceptors (Lipinski definition) is 4. The number of halogens is 2. The number of aromatic amines is 1. The predicted molar refractivity (Wildman–Crippen MR) is 90.6 cm³/mol. The number of esters is 1. The number of Topliss-reactive ketones (excluding diaryl/α,β-unsaturated/α-hetero) is 1. The first-order chi connectivity index (χ1) is 12.5. The Morgan fingerprint density at radius 3 is 2.42 bits per heavy atom. The van der Waals surface area contributed by atoms with Crippen LogP contribution in [0.15, 0.2) is 54.7 Å². The maximum absolute atomic E-state index is 12.6. The van der Waals surface area contributed by atoms with Crippen molar-refractivity contribution in [3.63, 3.8) is 0 Å². The number of H-pyrrole nitrogens is 1. The number of ether oxygens (including phenoxy) is 2. The van der Waals surface area contributed by atoms with Crippen molar-refractivity contribution in [2.75, 3.05) is 0 Å². The Bertz CT molecular complexity index is 934. The fourth-order valence-corrected chi connectivity index (χ4v) is 2.55. The van der Waals surface area contributed by atoms with Crippen LogP contribution in [0.1, 0.15) is 27.6 Å². The number of benzene rings is 2. The summed E-state index contributed by atoms with van der Waals surface area (Å²) in [6.07, 6.45) is 0.576.